The van der Waals surface area contributed by atoms with E-state index in [1.54, 1.807) is 45.3 Å². The Balaban J connectivity index is 2.11. The summed E-state index contributed by atoms with van der Waals surface area (Å²) in [6, 6.07) is 5.70. The Hall–Kier alpha value is -3.38. The maximum absolute atomic E-state index is 13.9. The Labute approximate surface area is 198 Å². The zero-order chi connectivity index (χ0) is 24.2. The number of carbonyl (C=O) groups is 1. The van der Waals surface area contributed by atoms with Crippen LogP contribution in [0.2, 0.25) is 0 Å². The van der Waals surface area contributed by atoms with Crippen molar-refractivity contribution < 1.29 is 18.7 Å². The number of amides is 1. The first-order valence-electron chi connectivity index (χ1n) is 9.95. The van der Waals surface area contributed by atoms with Crippen LogP contribution in [0.4, 0.5) is 13.6 Å². The average Bonchev–Trinajstić information content (AvgIpc) is 2.71. The van der Waals surface area contributed by atoms with E-state index in [2.05, 4.69) is 42.7 Å². The number of aromatic nitrogens is 3. The lowest BCUT2D eigenvalue weighted by Gasteiger charge is -2.39. The molecule has 1 amide bonds. The molecule has 3 rings (SSSR count). The lowest BCUT2D eigenvalue weighted by molar-refractivity contribution is 0.0680. The lowest BCUT2D eigenvalue weighted by Crippen LogP contribution is -2.48. The van der Waals surface area contributed by atoms with Crippen molar-refractivity contribution in [3.05, 3.63) is 87.7 Å². The van der Waals surface area contributed by atoms with Gasteiger partial charge in [-0.3, -0.25) is 4.90 Å². The fourth-order valence-electron chi connectivity index (χ4n) is 3.41. The number of pyridine rings is 1. The maximum Gasteiger partial charge on any atom is 0.408 e. The van der Waals surface area contributed by atoms with Crippen LogP contribution in [0.3, 0.4) is 0 Å². The van der Waals surface area contributed by atoms with Crippen molar-refractivity contribution in [3.8, 4) is 11.8 Å². The molecule has 9 heteroatoms. The van der Waals surface area contributed by atoms with Gasteiger partial charge in [-0.25, -0.2) is 28.5 Å². The van der Waals surface area contributed by atoms with E-state index in [4.69, 9.17) is 0 Å². The first kappa shape index (κ1) is 24.3. The van der Waals surface area contributed by atoms with Crippen LogP contribution in [0.5, 0.6) is 0 Å². The van der Waals surface area contributed by atoms with Crippen molar-refractivity contribution in [1.29, 1.82) is 0 Å². The van der Waals surface area contributed by atoms with Crippen molar-refractivity contribution in [2.24, 2.45) is 0 Å². The molecule has 0 radical (unpaired) electrons. The molecule has 1 unspecified atom stereocenters. The summed E-state index contributed by atoms with van der Waals surface area (Å²) in [4.78, 5) is 25.9. The van der Waals surface area contributed by atoms with E-state index in [1.807, 2.05) is 0 Å². The smallest absolute Gasteiger partial charge is 0.408 e. The number of hydrogen-bond acceptors (Lipinski definition) is 4. The molecule has 1 atom stereocenters. The van der Waals surface area contributed by atoms with E-state index >= 15 is 0 Å². The van der Waals surface area contributed by atoms with Crippen molar-refractivity contribution in [3.63, 3.8) is 0 Å². The standard InChI is InChI=1S/C24H21BrF2N4O2/c1-24(2,3)31(23(32)33)21(10-16-8-17(26)11-18(27)9-16)22-20(25)7-6-19(30-22)5-4-15-12-28-14-29-13-15/h6-9,11-14,21H,10H2,1-3H3,(H,32,33). The number of nitrogens with zero attached hydrogens (tertiary/aromatic N) is 4. The average molecular weight is 515 g/mol. The number of hydrogen-bond donors (Lipinski definition) is 1. The van der Waals surface area contributed by atoms with Crippen molar-refractivity contribution in [2.75, 3.05) is 0 Å². The molecule has 0 saturated carbocycles. The topological polar surface area (TPSA) is 79.2 Å². The molecular formula is C24H21BrF2N4O2. The quantitative estimate of drug-likeness (QED) is 0.473. The minimum Gasteiger partial charge on any atom is -0.465 e. The monoisotopic (exact) mass is 514 g/mol. The number of halogens is 3. The Morgan fingerprint density at radius 3 is 2.33 bits per heavy atom. The van der Waals surface area contributed by atoms with Gasteiger partial charge in [0.05, 0.1) is 17.3 Å². The highest BCUT2D eigenvalue weighted by Crippen LogP contribution is 2.34. The third-order valence-corrected chi connectivity index (χ3v) is 5.35. The summed E-state index contributed by atoms with van der Waals surface area (Å²) in [5.74, 6) is 4.36. The van der Waals surface area contributed by atoms with E-state index in [9.17, 15) is 18.7 Å². The van der Waals surface area contributed by atoms with Gasteiger partial charge < -0.3 is 5.11 Å². The second kappa shape index (κ2) is 10.0. The Kier molecular flexibility index (Phi) is 7.39. The second-order valence-electron chi connectivity index (χ2n) is 8.26. The fourth-order valence-corrected chi connectivity index (χ4v) is 3.90. The van der Waals surface area contributed by atoms with Crippen molar-refractivity contribution >= 4 is 22.0 Å². The Bertz CT molecular complexity index is 1200. The number of carboxylic acid groups (broad SMARTS) is 1. The summed E-state index contributed by atoms with van der Waals surface area (Å²) in [5.41, 5.74) is 0.851. The van der Waals surface area contributed by atoms with Gasteiger partial charge in [0.2, 0.25) is 0 Å². The molecule has 0 spiro atoms. The van der Waals surface area contributed by atoms with Gasteiger partial charge in [0, 0.05) is 28.5 Å². The molecule has 0 fully saturated rings. The molecule has 1 N–H and O–H groups in total. The van der Waals surface area contributed by atoms with E-state index < -0.39 is 29.3 Å². The van der Waals surface area contributed by atoms with Crippen molar-refractivity contribution in [2.45, 2.75) is 38.8 Å². The highest BCUT2D eigenvalue weighted by Gasteiger charge is 2.36. The van der Waals surface area contributed by atoms with Gasteiger partial charge in [0.1, 0.15) is 23.7 Å². The molecule has 0 bridgehead atoms. The predicted octanol–water partition coefficient (Wildman–Crippen LogP) is 5.37. The predicted molar refractivity (Wildman–Crippen MR) is 122 cm³/mol. The summed E-state index contributed by atoms with van der Waals surface area (Å²) in [6.45, 7) is 5.23. The van der Waals surface area contributed by atoms with Gasteiger partial charge in [-0.05, 0) is 78.9 Å². The fraction of sp³-hybridized carbons (Fsp3) is 0.250. The highest BCUT2D eigenvalue weighted by atomic mass is 79.9. The zero-order valence-corrected chi connectivity index (χ0v) is 19.8. The van der Waals surface area contributed by atoms with E-state index in [-0.39, 0.29) is 6.42 Å². The molecule has 2 heterocycles. The Morgan fingerprint density at radius 2 is 1.76 bits per heavy atom. The molecule has 6 nitrogen and oxygen atoms in total. The van der Waals surface area contributed by atoms with Gasteiger partial charge in [-0.1, -0.05) is 5.92 Å². The largest absolute Gasteiger partial charge is 0.465 e. The first-order chi connectivity index (χ1) is 15.5. The minimum atomic E-state index is -1.18. The van der Waals surface area contributed by atoms with Crippen molar-refractivity contribution in [1.82, 2.24) is 19.9 Å². The minimum absolute atomic E-state index is 0.00720. The van der Waals surface area contributed by atoms with Gasteiger partial charge >= 0.3 is 6.09 Å². The highest BCUT2D eigenvalue weighted by molar-refractivity contribution is 9.10. The molecule has 33 heavy (non-hydrogen) atoms. The van der Waals surface area contributed by atoms with E-state index in [0.717, 1.165) is 6.07 Å². The third-order valence-electron chi connectivity index (χ3n) is 4.68. The van der Waals surface area contributed by atoms with Crippen LogP contribution in [0.1, 0.15) is 49.3 Å². The summed E-state index contributed by atoms with van der Waals surface area (Å²) >= 11 is 3.46. The molecule has 0 aliphatic carbocycles. The second-order valence-corrected chi connectivity index (χ2v) is 9.12. The summed E-state index contributed by atoms with van der Waals surface area (Å²) < 4.78 is 28.3. The Morgan fingerprint density at radius 1 is 1.12 bits per heavy atom. The van der Waals surface area contributed by atoms with Crippen LogP contribution < -0.4 is 0 Å². The van der Waals surface area contributed by atoms with Crippen LogP contribution in [0.25, 0.3) is 0 Å². The lowest BCUT2D eigenvalue weighted by atomic mass is 9.95. The maximum atomic E-state index is 13.9. The SMILES string of the molecule is CC(C)(C)N(C(=O)O)C(Cc1cc(F)cc(F)c1)c1nc(C#Cc2cncnc2)ccc1Br. The molecule has 3 aromatic rings. The van der Waals surface area contributed by atoms with E-state index in [1.165, 1.54) is 23.4 Å². The summed E-state index contributed by atoms with van der Waals surface area (Å²) in [7, 11) is 0. The van der Waals surface area contributed by atoms with Crippen LogP contribution in [-0.4, -0.2) is 36.6 Å². The molecule has 0 aliphatic heterocycles. The molecule has 1 aromatic carbocycles. The third kappa shape index (κ3) is 6.33. The van der Waals surface area contributed by atoms with Crippen LogP contribution in [-0.2, 0) is 6.42 Å². The molecule has 0 aliphatic rings. The molecule has 0 saturated heterocycles. The molecular weight excluding hydrogens is 494 g/mol. The number of benzene rings is 1. The van der Waals surface area contributed by atoms with Gasteiger partial charge in [-0.2, -0.15) is 0 Å². The first-order valence-corrected chi connectivity index (χ1v) is 10.7. The molecule has 170 valence electrons. The molecule has 2 aromatic heterocycles. The number of rotatable bonds is 4. The normalized spacial score (nSPS) is 11.9. The van der Waals surface area contributed by atoms with Crippen LogP contribution in [0, 0.1) is 23.5 Å². The summed E-state index contributed by atoms with van der Waals surface area (Å²) in [5, 5.41) is 10.0. The van der Waals surface area contributed by atoms with Gasteiger partial charge in [0.15, 0.2) is 0 Å². The van der Waals surface area contributed by atoms with Crippen LogP contribution >= 0.6 is 15.9 Å². The van der Waals surface area contributed by atoms with Gasteiger partial charge in [-0.15, -0.1) is 0 Å². The zero-order valence-electron chi connectivity index (χ0n) is 18.2. The van der Waals surface area contributed by atoms with Gasteiger partial charge in [0.25, 0.3) is 0 Å². The summed E-state index contributed by atoms with van der Waals surface area (Å²) in [6.07, 6.45) is 3.34. The van der Waals surface area contributed by atoms with Crippen LogP contribution in [0.15, 0.2) is 53.5 Å². The van der Waals surface area contributed by atoms with E-state index in [0.29, 0.717) is 27.0 Å².